The number of ether oxygens (including phenoxy) is 1. The van der Waals surface area contributed by atoms with Gasteiger partial charge >= 0.3 is 0 Å². The number of carbonyl (C=O) groups excluding carboxylic acids is 1. The Balaban J connectivity index is 2.00. The highest BCUT2D eigenvalue weighted by atomic mass is 16.5. The Morgan fingerprint density at radius 1 is 1.67 bits per heavy atom. The number of hydrogen-bond acceptors (Lipinski definition) is 3. The summed E-state index contributed by atoms with van der Waals surface area (Å²) < 4.78 is 5.47. The van der Waals surface area contributed by atoms with Crippen LogP contribution in [0.1, 0.15) is 23.2 Å². The van der Waals surface area contributed by atoms with Gasteiger partial charge in [-0.25, -0.2) is 4.98 Å². The lowest BCUT2D eigenvalue weighted by molar-refractivity contribution is 0.0962. The minimum atomic E-state index is -0.117. The summed E-state index contributed by atoms with van der Waals surface area (Å²) in [5.41, 5.74) is 0.582. The Morgan fingerprint density at radius 2 is 2.47 bits per heavy atom. The van der Waals surface area contributed by atoms with Crippen molar-refractivity contribution in [2.75, 3.05) is 13.7 Å². The third-order valence-electron chi connectivity index (χ3n) is 2.39. The zero-order valence-corrected chi connectivity index (χ0v) is 8.69. The van der Waals surface area contributed by atoms with Crippen LogP contribution in [0.2, 0.25) is 0 Å². The Hall–Kier alpha value is -1.58. The summed E-state index contributed by atoms with van der Waals surface area (Å²) in [4.78, 5) is 15.4. The summed E-state index contributed by atoms with van der Waals surface area (Å²) in [6, 6.07) is 3.34. The van der Waals surface area contributed by atoms with Crippen molar-refractivity contribution in [1.82, 2.24) is 10.3 Å². The zero-order valence-electron chi connectivity index (χ0n) is 8.69. The van der Waals surface area contributed by atoms with Crippen LogP contribution in [0.4, 0.5) is 0 Å². The summed E-state index contributed by atoms with van der Waals surface area (Å²) >= 11 is 0. The van der Waals surface area contributed by atoms with Gasteiger partial charge in [-0.2, -0.15) is 0 Å². The molecule has 1 N–H and O–H groups in total. The maximum absolute atomic E-state index is 11.3. The predicted molar refractivity (Wildman–Crippen MR) is 55.8 cm³/mol. The van der Waals surface area contributed by atoms with Crippen LogP contribution in [0.3, 0.4) is 0 Å². The van der Waals surface area contributed by atoms with Gasteiger partial charge in [-0.1, -0.05) is 0 Å². The number of amides is 1. The fourth-order valence-corrected chi connectivity index (χ4v) is 1.26. The van der Waals surface area contributed by atoms with Crippen molar-refractivity contribution < 1.29 is 9.53 Å². The number of pyridine rings is 1. The summed E-state index contributed by atoms with van der Waals surface area (Å²) in [7, 11) is 1.60. The topological polar surface area (TPSA) is 51.2 Å². The standard InChI is InChI=1S/C11H14N2O2/c1-12-11(14)9-4-5-13-10(6-9)15-7-8-2-3-8/h4-6,8H,2-3,7H2,1H3,(H,12,14). The van der Waals surface area contributed by atoms with Crippen molar-refractivity contribution in [3.8, 4) is 5.88 Å². The van der Waals surface area contributed by atoms with Crippen LogP contribution >= 0.6 is 0 Å². The maximum Gasteiger partial charge on any atom is 0.251 e. The first-order valence-corrected chi connectivity index (χ1v) is 5.10. The molecule has 0 radical (unpaired) electrons. The Bertz CT molecular complexity index is 361. The zero-order chi connectivity index (χ0) is 10.7. The summed E-state index contributed by atoms with van der Waals surface area (Å²) in [6.07, 6.45) is 4.08. The van der Waals surface area contributed by atoms with E-state index < -0.39 is 0 Å². The number of nitrogens with one attached hydrogen (secondary N) is 1. The molecule has 4 nitrogen and oxygen atoms in total. The second kappa shape index (κ2) is 4.29. The highest BCUT2D eigenvalue weighted by molar-refractivity contribution is 5.94. The van der Waals surface area contributed by atoms with E-state index in [1.165, 1.54) is 12.8 Å². The summed E-state index contributed by atoms with van der Waals surface area (Å²) in [6.45, 7) is 0.712. The van der Waals surface area contributed by atoms with Crippen LogP contribution in [0.25, 0.3) is 0 Å². The Labute approximate surface area is 88.7 Å². The van der Waals surface area contributed by atoms with E-state index in [1.54, 1.807) is 25.4 Å². The van der Waals surface area contributed by atoms with Crippen LogP contribution in [-0.4, -0.2) is 24.5 Å². The van der Waals surface area contributed by atoms with Gasteiger partial charge < -0.3 is 10.1 Å². The van der Waals surface area contributed by atoms with E-state index in [1.807, 2.05) is 0 Å². The number of carbonyl (C=O) groups is 1. The molecule has 0 aromatic carbocycles. The third-order valence-corrected chi connectivity index (χ3v) is 2.39. The molecule has 1 aromatic rings. The van der Waals surface area contributed by atoms with Gasteiger partial charge in [-0.05, 0) is 24.8 Å². The first-order valence-electron chi connectivity index (χ1n) is 5.10. The molecule has 0 spiro atoms. The molecule has 1 amide bonds. The molecule has 80 valence electrons. The van der Waals surface area contributed by atoms with Crippen LogP contribution in [0.5, 0.6) is 5.88 Å². The smallest absolute Gasteiger partial charge is 0.251 e. The van der Waals surface area contributed by atoms with Gasteiger partial charge in [0.15, 0.2) is 0 Å². The highest BCUT2D eigenvalue weighted by Crippen LogP contribution is 2.29. The molecule has 0 aliphatic heterocycles. The third kappa shape index (κ3) is 2.68. The first kappa shape index (κ1) is 9.96. The molecule has 4 heteroatoms. The largest absolute Gasteiger partial charge is 0.477 e. The van der Waals surface area contributed by atoms with Crippen LogP contribution in [0.15, 0.2) is 18.3 Å². The number of rotatable bonds is 4. The van der Waals surface area contributed by atoms with E-state index >= 15 is 0 Å². The lowest BCUT2D eigenvalue weighted by Gasteiger charge is -2.05. The van der Waals surface area contributed by atoms with E-state index in [-0.39, 0.29) is 5.91 Å². The molecule has 2 rings (SSSR count). The van der Waals surface area contributed by atoms with Gasteiger partial charge in [0.1, 0.15) is 0 Å². The number of nitrogens with zero attached hydrogens (tertiary/aromatic N) is 1. The van der Waals surface area contributed by atoms with Gasteiger partial charge in [0.2, 0.25) is 5.88 Å². The van der Waals surface area contributed by atoms with Gasteiger partial charge in [0, 0.05) is 24.9 Å². The van der Waals surface area contributed by atoms with Crippen LogP contribution in [0, 0.1) is 5.92 Å². The summed E-state index contributed by atoms with van der Waals surface area (Å²) in [5, 5.41) is 2.56. The molecule has 1 aliphatic rings. The van der Waals surface area contributed by atoms with E-state index in [9.17, 15) is 4.79 Å². The predicted octanol–water partition coefficient (Wildman–Crippen LogP) is 1.23. The molecule has 1 aliphatic carbocycles. The molecule has 0 bridgehead atoms. The average molecular weight is 206 g/mol. The minimum absolute atomic E-state index is 0.117. The monoisotopic (exact) mass is 206 g/mol. The lowest BCUT2D eigenvalue weighted by atomic mass is 10.2. The fourth-order valence-electron chi connectivity index (χ4n) is 1.26. The van der Waals surface area contributed by atoms with Gasteiger partial charge in [0.25, 0.3) is 5.91 Å². The molecule has 1 saturated carbocycles. The van der Waals surface area contributed by atoms with Crippen molar-refractivity contribution in [1.29, 1.82) is 0 Å². The van der Waals surface area contributed by atoms with Crippen molar-refractivity contribution in [3.05, 3.63) is 23.9 Å². The average Bonchev–Trinajstić information content (AvgIpc) is 3.09. The first-order chi connectivity index (χ1) is 7.29. The quantitative estimate of drug-likeness (QED) is 0.806. The molecule has 0 saturated heterocycles. The lowest BCUT2D eigenvalue weighted by Crippen LogP contribution is -2.17. The highest BCUT2D eigenvalue weighted by Gasteiger charge is 2.22. The van der Waals surface area contributed by atoms with E-state index in [2.05, 4.69) is 10.3 Å². The maximum atomic E-state index is 11.3. The molecule has 1 fully saturated rings. The SMILES string of the molecule is CNC(=O)c1ccnc(OCC2CC2)c1. The molecule has 1 aromatic heterocycles. The van der Waals surface area contributed by atoms with Crippen molar-refractivity contribution in [2.45, 2.75) is 12.8 Å². The minimum Gasteiger partial charge on any atom is -0.477 e. The van der Waals surface area contributed by atoms with Gasteiger partial charge in [-0.3, -0.25) is 4.79 Å². The van der Waals surface area contributed by atoms with E-state index in [0.29, 0.717) is 24.0 Å². The summed E-state index contributed by atoms with van der Waals surface area (Å²) in [5.74, 6) is 1.10. The molecule has 0 atom stereocenters. The second-order valence-electron chi connectivity index (χ2n) is 3.72. The normalized spacial score (nSPS) is 14.7. The number of aromatic nitrogens is 1. The molecular formula is C11H14N2O2. The second-order valence-corrected chi connectivity index (χ2v) is 3.72. The fraction of sp³-hybridized carbons (Fsp3) is 0.455. The van der Waals surface area contributed by atoms with Gasteiger partial charge in [-0.15, -0.1) is 0 Å². The van der Waals surface area contributed by atoms with Crippen LogP contribution in [-0.2, 0) is 0 Å². The number of hydrogen-bond donors (Lipinski definition) is 1. The van der Waals surface area contributed by atoms with E-state index in [4.69, 9.17) is 4.74 Å². The molecule has 0 unspecified atom stereocenters. The Kier molecular flexibility index (Phi) is 2.85. The molecule has 15 heavy (non-hydrogen) atoms. The van der Waals surface area contributed by atoms with Crippen molar-refractivity contribution >= 4 is 5.91 Å². The van der Waals surface area contributed by atoms with Gasteiger partial charge in [0.05, 0.1) is 6.61 Å². The van der Waals surface area contributed by atoms with Crippen molar-refractivity contribution in [2.24, 2.45) is 5.92 Å². The molecular weight excluding hydrogens is 192 g/mol. The molecule has 1 heterocycles. The van der Waals surface area contributed by atoms with Crippen LogP contribution < -0.4 is 10.1 Å². The van der Waals surface area contributed by atoms with Crippen molar-refractivity contribution in [3.63, 3.8) is 0 Å². The van der Waals surface area contributed by atoms with E-state index in [0.717, 1.165) is 0 Å². The Morgan fingerprint density at radius 3 is 3.13 bits per heavy atom.